The van der Waals surface area contributed by atoms with E-state index >= 15 is 0 Å². The second-order valence-corrected chi connectivity index (χ2v) is 7.86. The minimum atomic E-state index is 0.374. The number of benzene rings is 1. The summed E-state index contributed by atoms with van der Waals surface area (Å²) in [5.41, 5.74) is 2.21. The molecule has 4 rings (SSSR count). The van der Waals surface area contributed by atoms with Crippen LogP contribution in [0.1, 0.15) is 37.3 Å². The number of hydrogen-bond donors (Lipinski definition) is 3. The normalized spacial score (nSPS) is 20.8. The number of nitrogens with zero attached hydrogens (tertiary/aromatic N) is 1. The molecule has 1 aliphatic heterocycles. The van der Waals surface area contributed by atoms with Crippen LogP contribution in [0.4, 0.5) is 0 Å². The molecule has 1 saturated heterocycles. The first-order valence-electron chi connectivity index (χ1n) is 10.4. The van der Waals surface area contributed by atoms with Crippen molar-refractivity contribution < 1.29 is 0 Å². The Morgan fingerprint density at radius 1 is 1.25 bits per heavy atom. The third-order valence-electron chi connectivity index (χ3n) is 5.67. The van der Waals surface area contributed by atoms with E-state index in [1.165, 1.54) is 29.0 Å². The van der Waals surface area contributed by atoms with E-state index in [1.807, 2.05) is 0 Å². The Bertz CT molecular complexity index is 959. The molecular formula is C24H30N4. The quantitative estimate of drug-likeness (QED) is 0.537. The second kappa shape index (κ2) is 8.61. The summed E-state index contributed by atoms with van der Waals surface area (Å²) in [7, 11) is 0. The second-order valence-electron chi connectivity index (χ2n) is 7.86. The zero-order valence-electron chi connectivity index (χ0n) is 16.6. The van der Waals surface area contributed by atoms with Gasteiger partial charge in [-0.25, -0.2) is 0 Å². The number of aromatic nitrogens is 1. The van der Waals surface area contributed by atoms with Gasteiger partial charge in [0.1, 0.15) is 5.84 Å². The van der Waals surface area contributed by atoms with Crippen LogP contribution in [0.3, 0.4) is 0 Å². The standard InChI is InChI=1S/C24H30N4/c1-2-4-18-5-3-6-23-21(15-18)12-14-28(23)17-19-7-9-20(10-8-19)24(25)27-22-11-13-26-16-22/h3,5-10,12,14-15,18,22,26H,2,4,11,13,16-17H2,1H3,(H2,25,27). The molecule has 2 aromatic rings. The van der Waals surface area contributed by atoms with Crippen LogP contribution in [0.2, 0.25) is 0 Å². The summed E-state index contributed by atoms with van der Waals surface area (Å²) in [4.78, 5) is 0. The molecule has 3 N–H and O–H groups in total. The van der Waals surface area contributed by atoms with Gasteiger partial charge >= 0.3 is 0 Å². The highest BCUT2D eigenvalue weighted by molar-refractivity contribution is 5.96. The van der Waals surface area contributed by atoms with E-state index in [4.69, 9.17) is 5.41 Å². The molecule has 1 aromatic carbocycles. The van der Waals surface area contributed by atoms with Crippen LogP contribution in [0.5, 0.6) is 0 Å². The van der Waals surface area contributed by atoms with Gasteiger partial charge in [-0.2, -0.15) is 0 Å². The van der Waals surface area contributed by atoms with E-state index in [2.05, 4.69) is 83.0 Å². The molecule has 2 unspecified atom stereocenters. The molecule has 2 aliphatic rings. The predicted molar refractivity (Wildman–Crippen MR) is 117 cm³/mol. The topological polar surface area (TPSA) is 52.8 Å². The average molecular weight is 375 g/mol. The average Bonchev–Trinajstić information content (AvgIpc) is 3.28. The lowest BCUT2D eigenvalue weighted by Crippen LogP contribution is -2.36. The molecule has 2 atom stereocenters. The summed E-state index contributed by atoms with van der Waals surface area (Å²) in [5.74, 6) is 1.05. The van der Waals surface area contributed by atoms with Gasteiger partial charge in [-0.3, -0.25) is 5.41 Å². The molecule has 1 fully saturated rings. The van der Waals surface area contributed by atoms with Crippen molar-refractivity contribution in [2.75, 3.05) is 13.1 Å². The molecule has 2 heterocycles. The van der Waals surface area contributed by atoms with Crippen molar-refractivity contribution in [1.29, 1.82) is 5.41 Å². The van der Waals surface area contributed by atoms with E-state index < -0.39 is 0 Å². The van der Waals surface area contributed by atoms with Crippen LogP contribution in [0.15, 0.2) is 48.7 Å². The fraction of sp³-hybridized carbons (Fsp3) is 0.375. The Hall–Kier alpha value is -2.59. The molecule has 0 radical (unpaired) electrons. The molecule has 1 aliphatic carbocycles. The van der Waals surface area contributed by atoms with Crippen LogP contribution in [0, 0.1) is 11.3 Å². The van der Waals surface area contributed by atoms with Crippen LogP contribution >= 0.6 is 0 Å². The van der Waals surface area contributed by atoms with Gasteiger partial charge in [-0.1, -0.05) is 55.8 Å². The zero-order valence-corrected chi connectivity index (χ0v) is 16.6. The summed E-state index contributed by atoms with van der Waals surface area (Å²) >= 11 is 0. The number of allylic oxidation sites excluding steroid dienone is 2. The first kappa shape index (κ1) is 18.8. The fourth-order valence-corrected chi connectivity index (χ4v) is 4.10. The highest BCUT2D eigenvalue weighted by Crippen LogP contribution is 2.11. The van der Waals surface area contributed by atoms with Crippen molar-refractivity contribution in [2.45, 2.75) is 38.8 Å². The number of hydrogen-bond acceptors (Lipinski definition) is 2. The molecule has 0 spiro atoms. The van der Waals surface area contributed by atoms with E-state index in [0.29, 0.717) is 17.8 Å². The van der Waals surface area contributed by atoms with Gasteiger partial charge in [-0.05, 0) is 48.2 Å². The number of fused-ring (bicyclic) bond motifs is 1. The van der Waals surface area contributed by atoms with Crippen molar-refractivity contribution in [3.63, 3.8) is 0 Å². The van der Waals surface area contributed by atoms with Crippen molar-refractivity contribution >= 4 is 18.0 Å². The Kier molecular flexibility index (Phi) is 5.77. The van der Waals surface area contributed by atoms with E-state index in [-0.39, 0.29) is 0 Å². The maximum absolute atomic E-state index is 8.30. The van der Waals surface area contributed by atoms with Gasteiger partial charge in [0.2, 0.25) is 0 Å². The molecule has 4 heteroatoms. The maximum Gasteiger partial charge on any atom is 0.125 e. The van der Waals surface area contributed by atoms with Gasteiger partial charge in [-0.15, -0.1) is 0 Å². The number of rotatable bonds is 6. The zero-order chi connectivity index (χ0) is 19.3. The SMILES string of the molecule is CCCC1C=CC=c2c(ccn2Cc2ccc(C(=N)NC3CCNC3)cc2)=C1. The van der Waals surface area contributed by atoms with Crippen LogP contribution in [0.25, 0.3) is 12.2 Å². The van der Waals surface area contributed by atoms with Gasteiger partial charge in [0, 0.05) is 36.2 Å². The lowest BCUT2D eigenvalue weighted by Gasteiger charge is -2.14. The monoisotopic (exact) mass is 374 g/mol. The highest BCUT2D eigenvalue weighted by Gasteiger charge is 2.15. The Morgan fingerprint density at radius 3 is 2.86 bits per heavy atom. The number of amidine groups is 1. The molecule has 0 saturated carbocycles. The summed E-state index contributed by atoms with van der Waals surface area (Å²) < 4.78 is 2.31. The van der Waals surface area contributed by atoms with Crippen LogP contribution in [-0.2, 0) is 6.54 Å². The predicted octanol–water partition coefficient (Wildman–Crippen LogP) is 2.36. The van der Waals surface area contributed by atoms with E-state index in [0.717, 1.165) is 31.6 Å². The molecule has 28 heavy (non-hydrogen) atoms. The fourth-order valence-electron chi connectivity index (χ4n) is 4.10. The van der Waals surface area contributed by atoms with E-state index in [9.17, 15) is 0 Å². The molecule has 1 aromatic heterocycles. The van der Waals surface area contributed by atoms with Crippen LogP contribution < -0.4 is 21.2 Å². The van der Waals surface area contributed by atoms with Crippen LogP contribution in [-0.4, -0.2) is 29.5 Å². The van der Waals surface area contributed by atoms with Crippen molar-refractivity contribution in [3.05, 3.63) is 70.4 Å². The smallest absolute Gasteiger partial charge is 0.125 e. The maximum atomic E-state index is 8.30. The van der Waals surface area contributed by atoms with Gasteiger partial charge in [0.05, 0.1) is 0 Å². The molecule has 0 bridgehead atoms. The molecular weight excluding hydrogens is 344 g/mol. The van der Waals surface area contributed by atoms with Gasteiger partial charge in [0.25, 0.3) is 0 Å². The Balaban J connectivity index is 1.47. The lowest BCUT2D eigenvalue weighted by atomic mass is 10.0. The molecule has 0 amide bonds. The summed E-state index contributed by atoms with van der Waals surface area (Å²) in [6.45, 7) is 5.07. The first-order chi connectivity index (χ1) is 13.7. The van der Waals surface area contributed by atoms with Crippen molar-refractivity contribution in [3.8, 4) is 0 Å². The van der Waals surface area contributed by atoms with E-state index in [1.54, 1.807) is 0 Å². The third-order valence-corrected chi connectivity index (χ3v) is 5.67. The summed E-state index contributed by atoms with van der Waals surface area (Å²) in [6.07, 6.45) is 14.8. The molecule has 146 valence electrons. The highest BCUT2D eigenvalue weighted by atomic mass is 15.1. The lowest BCUT2D eigenvalue weighted by molar-refractivity contribution is 0.662. The minimum Gasteiger partial charge on any atom is -0.366 e. The van der Waals surface area contributed by atoms with Gasteiger partial charge in [0.15, 0.2) is 0 Å². The summed E-state index contributed by atoms with van der Waals surface area (Å²) in [5, 5.41) is 17.6. The summed E-state index contributed by atoms with van der Waals surface area (Å²) in [6, 6.07) is 11.0. The Labute approximate surface area is 167 Å². The number of nitrogens with one attached hydrogen (secondary N) is 3. The van der Waals surface area contributed by atoms with Gasteiger partial charge < -0.3 is 15.2 Å². The first-order valence-corrected chi connectivity index (χ1v) is 10.4. The van der Waals surface area contributed by atoms with Crippen molar-refractivity contribution in [1.82, 2.24) is 15.2 Å². The van der Waals surface area contributed by atoms with Crippen molar-refractivity contribution in [2.24, 2.45) is 5.92 Å². The Morgan fingerprint density at radius 2 is 2.11 bits per heavy atom. The third kappa shape index (κ3) is 4.28. The molecule has 4 nitrogen and oxygen atoms in total. The minimum absolute atomic E-state index is 0.374. The largest absolute Gasteiger partial charge is 0.366 e.